The highest BCUT2D eigenvalue weighted by atomic mass is 16.6. The van der Waals surface area contributed by atoms with Crippen LogP contribution in [0, 0.1) is 10.4 Å². The van der Waals surface area contributed by atoms with Gasteiger partial charge in [0.25, 0.3) is 5.52 Å². The summed E-state index contributed by atoms with van der Waals surface area (Å²) in [5.74, 6) is -0.441. The monoisotopic (exact) mass is 593 g/mol. The van der Waals surface area contributed by atoms with Crippen molar-refractivity contribution < 1.29 is 39.2 Å². The maximum absolute atomic E-state index is 12.7. The molecule has 232 valence electrons. The van der Waals surface area contributed by atoms with Crippen molar-refractivity contribution in [3.8, 4) is 0 Å². The first-order chi connectivity index (χ1) is 20.3. The van der Waals surface area contributed by atoms with Crippen molar-refractivity contribution >= 4 is 22.9 Å². The van der Waals surface area contributed by atoms with E-state index < -0.39 is 31.0 Å². The van der Waals surface area contributed by atoms with Crippen LogP contribution in [-0.2, 0) is 14.3 Å². The van der Waals surface area contributed by atoms with Crippen molar-refractivity contribution in [2.24, 2.45) is 5.11 Å². The standard InChI is InChI=1S/C25H39N9O8/c26-31-29-9-5-1-2-6-12-32(13-14-41-21-17-42-20(16-35)23(37)24(21)38)15-22(36)27-10-11-28-25-30-34(40)19-8-4-3-7-18(19)33(25)39/h3-4,7-8,20-21,23-24,35,37-38H,1-2,5-6,9-17H2,(H,27,36)(H,28,30)/t20?,21?,23-,24?/m1/s1. The van der Waals surface area contributed by atoms with Crippen LogP contribution < -0.4 is 20.2 Å². The molecular formula is C25H39N9O8. The summed E-state index contributed by atoms with van der Waals surface area (Å²) in [6.45, 7) is 1.57. The van der Waals surface area contributed by atoms with Crippen molar-refractivity contribution in [2.45, 2.75) is 50.1 Å². The first-order valence-corrected chi connectivity index (χ1v) is 13.9. The van der Waals surface area contributed by atoms with Crippen molar-refractivity contribution in [1.82, 2.24) is 15.3 Å². The summed E-state index contributed by atoms with van der Waals surface area (Å²) in [5, 5.41) is 66.9. The first-order valence-electron chi connectivity index (χ1n) is 13.9. The number of azide groups is 1. The minimum Gasteiger partial charge on any atom is -0.739 e. The van der Waals surface area contributed by atoms with Gasteiger partial charge in [-0.15, -0.1) is 0 Å². The zero-order valence-corrected chi connectivity index (χ0v) is 23.3. The Bertz CT molecular complexity index is 1190. The highest BCUT2D eigenvalue weighted by Gasteiger charge is 2.38. The molecule has 1 amide bonds. The molecule has 42 heavy (non-hydrogen) atoms. The van der Waals surface area contributed by atoms with Crippen LogP contribution in [0.3, 0.4) is 0 Å². The molecule has 2 aromatic rings. The number of carbonyl (C=O) groups is 1. The molecule has 5 N–H and O–H groups in total. The zero-order valence-electron chi connectivity index (χ0n) is 23.3. The fourth-order valence-corrected chi connectivity index (χ4v) is 4.52. The summed E-state index contributed by atoms with van der Waals surface area (Å²) in [7, 11) is 0. The van der Waals surface area contributed by atoms with Crippen molar-refractivity contribution in [3.63, 3.8) is 0 Å². The highest BCUT2D eigenvalue weighted by molar-refractivity contribution is 5.78. The number of ether oxygens (including phenoxy) is 2. The van der Waals surface area contributed by atoms with Gasteiger partial charge < -0.3 is 40.5 Å². The predicted molar refractivity (Wildman–Crippen MR) is 149 cm³/mol. The fourth-order valence-electron chi connectivity index (χ4n) is 4.52. The van der Waals surface area contributed by atoms with E-state index in [-0.39, 0.29) is 55.7 Å². The molecule has 0 saturated carbocycles. The number of para-hydroxylation sites is 2. The summed E-state index contributed by atoms with van der Waals surface area (Å²) in [6, 6.07) is 6.28. The lowest BCUT2D eigenvalue weighted by Gasteiger charge is -2.37. The quantitative estimate of drug-likeness (QED) is 0.0340. The van der Waals surface area contributed by atoms with Gasteiger partial charge >= 0.3 is 5.95 Å². The Hall–Kier alpha value is -3.57. The number of nitrogens with zero attached hydrogens (tertiary/aromatic N) is 7. The first kappa shape index (κ1) is 32.9. The van der Waals surface area contributed by atoms with E-state index in [0.29, 0.717) is 29.2 Å². The molecule has 1 fully saturated rings. The Labute approximate surface area is 242 Å². The van der Waals surface area contributed by atoms with E-state index in [2.05, 4.69) is 25.8 Å². The second-order valence-corrected chi connectivity index (χ2v) is 9.85. The van der Waals surface area contributed by atoms with E-state index in [1.807, 2.05) is 4.90 Å². The number of hydrogen-bond acceptors (Lipinski definition) is 12. The SMILES string of the molecule is [N-]=[N+]=NCCCCCCN(CCOC1COC(CO)[C@@H](O)C1O)CC(=O)NCCNc1n[n+]([O-])c2ccccc2[n+]1[O-]. The van der Waals surface area contributed by atoms with E-state index >= 15 is 0 Å². The van der Waals surface area contributed by atoms with E-state index in [1.165, 1.54) is 12.1 Å². The zero-order chi connectivity index (χ0) is 30.3. The number of rotatable bonds is 18. The average molecular weight is 594 g/mol. The number of aliphatic hydroxyl groups is 3. The van der Waals surface area contributed by atoms with Gasteiger partial charge in [-0.25, -0.2) is 4.73 Å². The summed E-state index contributed by atoms with van der Waals surface area (Å²) in [6.07, 6.45) is -0.797. The van der Waals surface area contributed by atoms with Crippen LogP contribution in [0.1, 0.15) is 25.7 Å². The second kappa shape index (κ2) is 17.4. The molecule has 1 aromatic heterocycles. The van der Waals surface area contributed by atoms with Crippen molar-refractivity contribution in [3.05, 3.63) is 45.1 Å². The molecule has 1 aliphatic heterocycles. The van der Waals surface area contributed by atoms with Crippen LogP contribution in [0.2, 0.25) is 0 Å². The van der Waals surface area contributed by atoms with Crippen LogP contribution in [0.25, 0.3) is 21.5 Å². The topological polar surface area (TPSA) is 239 Å². The van der Waals surface area contributed by atoms with Crippen molar-refractivity contribution in [1.29, 1.82) is 0 Å². The fraction of sp³-hybridized carbons (Fsp3) is 0.680. The number of benzene rings is 1. The minimum absolute atomic E-state index is 0.0177. The third kappa shape index (κ3) is 9.77. The molecule has 17 heteroatoms. The number of hydrogen-bond donors (Lipinski definition) is 5. The molecule has 1 saturated heterocycles. The summed E-state index contributed by atoms with van der Waals surface area (Å²) in [4.78, 5) is 17.7. The van der Waals surface area contributed by atoms with E-state index in [0.717, 1.165) is 25.7 Å². The Morgan fingerprint density at radius 3 is 2.69 bits per heavy atom. The Morgan fingerprint density at radius 1 is 1.17 bits per heavy atom. The normalized spacial score (nSPS) is 20.4. The van der Waals surface area contributed by atoms with Crippen LogP contribution in [0.5, 0.6) is 0 Å². The molecule has 3 unspecified atom stereocenters. The molecule has 1 aliphatic rings. The van der Waals surface area contributed by atoms with E-state index in [4.69, 9.17) is 15.0 Å². The Balaban J connectivity index is 1.45. The summed E-state index contributed by atoms with van der Waals surface area (Å²) >= 11 is 0. The number of nitrogens with one attached hydrogen (secondary N) is 2. The highest BCUT2D eigenvalue weighted by Crippen LogP contribution is 2.18. The third-order valence-corrected chi connectivity index (χ3v) is 6.83. The molecule has 0 aliphatic carbocycles. The third-order valence-electron chi connectivity index (χ3n) is 6.83. The minimum atomic E-state index is -1.27. The van der Waals surface area contributed by atoms with Gasteiger partial charge in [0.2, 0.25) is 11.0 Å². The number of fused-ring (bicyclic) bond motifs is 1. The average Bonchev–Trinajstić information content (AvgIpc) is 2.99. The summed E-state index contributed by atoms with van der Waals surface area (Å²) < 4.78 is 11.6. The molecule has 17 nitrogen and oxygen atoms in total. The smallest absolute Gasteiger partial charge is 0.461 e. The van der Waals surface area contributed by atoms with Crippen molar-refractivity contribution in [2.75, 3.05) is 64.4 Å². The van der Waals surface area contributed by atoms with Gasteiger partial charge in [0.1, 0.15) is 24.4 Å². The number of aromatic nitrogens is 3. The van der Waals surface area contributed by atoms with Crippen LogP contribution >= 0.6 is 0 Å². The molecule has 0 radical (unpaired) electrons. The Morgan fingerprint density at radius 2 is 1.93 bits per heavy atom. The molecule has 3 rings (SSSR count). The van der Waals surface area contributed by atoms with E-state index in [1.54, 1.807) is 12.1 Å². The number of unbranched alkanes of at least 4 members (excludes halogenated alkanes) is 3. The van der Waals surface area contributed by atoms with Gasteiger partial charge in [-0.3, -0.25) is 15.0 Å². The Kier molecular flexibility index (Phi) is 13.6. The van der Waals surface area contributed by atoms with Gasteiger partial charge in [0, 0.05) is 35.5 Å². The largest absolute Gasteiger partial charge is 0.739 e. The summed E-state index contributed by atoms with van der Waals surface area (Å²) in [5.41, 5.74) is 8.68. The molecule has 1 aromatic carbocycles. The van der Waals surface area contributed by atoms with Gasteiger partial charge in [-0.2, -0.15) is 0 Å². The number of amides is 1. The molecular weight excluding hydrogens is 554 g/mol. The van der Waals surface area contributed by atoms with E-state index in [9.17, 15) is 30.5 Å². The lowest BCUT2D eigenvalue weighted by molar-refractivity contribution is -0.672. The van der Waals surface area contributed by atoms with Crippen LogP contribution in [0.15, 0.2) is 29.4 Å². The van der Waals surface area contributed by atoms with Gasteiger partial charge in [0.15, 0.2) is 5.52 Å². The number of carbonyl (C=O) groups excluding carboxylic acids is 1. The molecule has 0 spiro atoms. The second-order valence-electron chi connectivity index (χ2n) is 9.85. The van der Waals surface area contributed by atoms with Gasteiger partial charge in [0.05, 0.1) is 32.9 Å². The molecule has 2 heterocycles. The maximum Gasteiger partial charge on any atom is 0.461 e. The van der Waals surface area contributed by atoms with Gasteiger partial charge in [-0.05, 0) is 31.0 Å². The number of aliphatic hydroxyl groups excluding tert-OH is 3. The van der Waals surface area contributed by atoms with Gasteiger partial charge in [-0.1, -0.05) is 30.1 Å². The lowest BCUT2D eigenvalue weighted by atomic mass is 10.0. The molecule has 4 atom stereocenters. The predicted octanol–water partition coefficient (Wildman–Crippen LogP) is -1.30. The lowest BCUT2D eigenvalue weighted by Crippen LogP contribution is -2.55. The van der Waals surface area contributed by atoms with Crippen LogP contribution in [-0.4, -0.2) is 115 Å². The molecule has 0 bridgehead atoms. The van der Waals surface area contributed by atoms with Crippen LogP contribution in [0.4, 0.5) is 5.95 Å². The maximum atomic E-state index is 12.7. The number of anilines is 1.